The summed E-state index contributed by atoms with van der Waals surface area (Å²) in [6, 6.07) is 6.02. The van der Waals surface area contributed by atoms with E-state index in [0.717, 1.165) is 35.0 Å². The van der Waals surface area contributed by atoms with Gasteiger partial charge in [-0.1, -0.05) is 22.0 Å². The summed E-state index contributed by atoms with van der Waals surface area (Å²) in [6.07, 6.45) is 7.18. The lowest BCUT2D eigenvalue weighted by atomic mass is 9.99. The van der Waals surface area contributed by atoms with Crippen molar-refractivity contribution in [3.05, 3.63) is 46.8 Å². The average molecular weight is 466 g/mol. The van der Waals surface area contributed by atoms with Crippen LogP contribution in [0.2, 0.25) is 0 Å². The molecule has 0 aromatic heterocycles. The van der Waals surface area contributed by atoms with Crippen LogP contribution in [0.1, 0.15) is 45.6 Å². The molecule has 0 spiro atoms. The SMILES string of the molecule is CC(C)(C)OC(=O)N1CC=C(c2ccc(OCCCC3OC=CO3)cc2Br)CC1. The van der Waals surface area contributed by atoms with E-state index in [2.05, 4.69) is 28.1 Å². The molecule has 0 N–H and O–H groups in total. The van der Waals surface area contributed by atoms with Gasteiger partial charge in [-0.2, -0.15) is 0 Å². The molecule has 2 aliphatic heterocycles. The van der Waals surface area contributed by atoms with Gasteiger partial charge in [0.15, 0.2) is 0 Å². The Hall–Kier alpha value is -2.15. The van der Waals surface area contributed by atoms with E-state index in [1.807, 2.05) is 32.9 Å². The third kappa shape index (κ3) is 6.42. The van der Waals surface area contributed by atoms with Gasteiger partial charge in [-0.05, 0) is 62.9 Å². The number of carbonyl (C=O) groups is 1. The van der Waals surface area contributed by atoms with Crippen LogP contribution in [0.4, 0.5) is 4.79 Å². The molecule has 7 heteroatoms. The van der Waals surface area contributed by atoms with E-state index in [9.17, 15) is 4.79 Å². The maximum Gasteiger partial charge on any atom is 0.410 e. The molecule has 0 fully saturated rings. The topological polar surface area (TPSA) is 57.2 Å². The van der Waals surface area contributed by atoms with Gasteiger partial charge in [0.2, 0.25) is 6.29 Å². The van der Waals surface area contributed by atoms with Crippen molar-refractivity contribution in [3.63, 3.8) is 0 Å². The first kappa shape index (κ1) is 21.6. The first-order valence-electron chi connectivity index (χ1n) is 9.87. The minimum Gasteiger partial charge on any atom is -0.494 e. The Morgan fingerprint density at radius 1 is 1.28 bits per heavy atom. The molecule has 0 bridgehead atoms. The third-order valence-electron chi connectivity index (χ3n) is 4.52. The van der Waals surface area contributed by atoms with E-state index >= 15 is 0 Å². The molecular formula is C22H28BrNO5. The Morgan fingerprint density at radius 3 is 2.66 bits per heavy atom. The Labute approximate surface area is 180 Å². The minimum atomic E-state index is -0.478. The lowest BCUT2D eigenvalue weighted by Crippen LogP contribution is -2.39. The van der Waals surface area contributed by atoms with Crippen LogP contribution in [0, 0.1) is 0 Å². The number of halogens is 1. The second-order valence-corrected chi connectivity index (χ2v) is 8.87. The molecule has 0 atom stereocenters. The number of hydrogen-bond donors (Lipinski definition) is 0. The molecule has 2 heterocycles. The van der Waals surface area contributed by atoms with Crippen LogP contribution in [-0.2, 0) is 14.2 Å². The van der Waals surface area contributed by atoms with Crippen LogP contribution in [-0.4, -0.2) is 42.6 Å². The maximum absolute atomic E-state index is 12.2. The Bertz CT molecular complexity index is 776. The summed E-state index contributed by atoms with van der Waals surface area (Å²) in [5, 5.41) is 0. The van der Waals surface area contributed by atoms with E-state index in [-0.39, 0.29) is 12.4 Å². The summed E-state index contributed by atoms with van der Waals surface area (Å²) in [5.41, 5.74) is 1.86. The first-order valence-corrected chi connectivity index (χ1v) is 10.7. The zero-order valence-corrected chi connectivity index (χ0v) is 18.7. The van der Waals surface area contributed by atoms with Crippen molar-refractivity contribution in [2.24, 2.45) is 0 Å². The summed E-state index contributed by atoms with van der Waals surface area (Å²) in [4.78, 5) is 13.9. The van der Waals surface area contributed by atoms with Crippen LogP contribution >= 0.6 is 15.9 Å². The highest BCUT2D eigenvalue weighted by molar-refractivity contribution is 9.10. The van der Waals surface area contributed by atoms with Crippen molar-refractivity contribution in [2.75, 3.05) is 19.7 Å². The molecule has 0 radical (unpaired) electrons. The number of amides is 1. The van der Waals surface area contributed by atoms with E-state index in [1.165, 1.54) is 5.57 Å². The number of carbonyl (C=O) groups excluding carboxylic acids is 1. The van der Waals surface area contributed by atoms with Gasteiger partial charge in [-0.3, -0.25) is 0 Å². The van der Waals surface area contributed by atoms with Gasteiger partial charge in [-0.15, -0.1) is 0 Å². The molecule has 1 aromatic carbocycles. The van der Waals surface area contributed by atoms with Gasteiger partial charge >= 0.3 is 6.09 Å². The van der Waals surface area contributed by atoms with Crippen molar-refractivity contribution in [1.82, 2.24) is 4.90 Å². The van der Waals surface area contributed by atoms with Gasteiger partial charge in [0.25, 0.3) is 0 Å². The molecule has 0 saturated carbocycles. The zero-order chi connectivity index (χ0) is 20.9. The van der Waals surface area contributed by atoms with Crippen LogP contribution in [0.5, 0.6) is 5.75 Å². The summed E-state index contributed by atoms with van der Waals surface area (Å²) >= 11 is 3.66. The number of hydrogen-bond acceptors (Lipinski definition) is 5. The predicted molar refractivity (Wildman–Crippen MR) is 114 cm³/mol. The van der Waals surface area contributed by atoms with Crippen LogP contribution in [0.3, 0.4) is 0 Å². The highest BCUT2D eigenvalue weighted by Gasteiger charge is 2.24. The quantitative estimate of drug-likeness (QED) is 0.520. The summed E-state index contributed by atoms with van der Waals surface area (Å²) < 4.78 is 22.8. The van der Waals surface area contributed by atoms with Gasteiger partial charge in [0, 0.05) is 24.0 Å². The number of rotatable bonds is 6. The monoisotopic (exact) mass is 465 g/mol. The van der Waals surface area contributed by atoms with Gasteiger partial charge in [0.05, 0.1) is 6.61 Å². The molecule has 1 aromatic rings. The third-order valence-corrected chi connectivity index (χ3v) is 5.17. The van der Waals surface area contributed by atoms with E-state index in [4.69, 9.17) is 18.9 Å². The fourth-order valence-electron chi connectivity index (χ4n) is 3.10. The summed E-state index contributed by atoms with van der Waals surface area (Å²) in [5.74, 6) is 0.818. The van der Waals surface area contributed by atoms with Gasteiger partial charge in [-0.25, -0.2) is 4.79 Å². The fourth-order valence-corrected chi connectivity index (χ4v) is 3.71. The number of nitrogens with zero attached hydrogens (tertiary/aromatic N) is 1. The molecule has 0 unspecified atom stereocenters. The first-order chi connectivity index (χ1) is 13.8. The highest BCUT2D eigenvalue weighted by atomic mass is 79.9. The van der Waals surface area contributed by atoms with Crippen molar-refractivity contribution >= 4 is 27.6 Å². The smallest absolute Gasteiger partial charge is 0.410 e. The Balaban J connectivity index is 1.50. The Kier molecular flexibility index (Phi) is 7.11. The van der Waals surface area contributed by atoms with Crippen LogP contribution in [0.25, 0.3) is 5.57 Å². The van der Waals surface area contributed by atoms with Crippen molar-refractivity contribution in [2.45, 2.75) is 51.9 Å². The molecular weight excluding hydrogens is 438 g/mol. The second kappa shape index (κ2) is 9.57. The van der Waals surface area contributed by atoms with Crippen LogP contribution in [0.15, 0.2) is 41.3 Å². The van der Waals surface area contributed by atoms with Crippen LogP contribution < -0.4 is 4.74 Å². The normalized spacial score (nSPS) is 16.8. The lowest BCUT2D eigenvalue weighted by Gasteiger charge is -2.29. The average Bonchev–Trinajstić information content (AvgIpc) is 3.18. The Morgan fingerprint density at radius 2 is 2.03 bits per heavy atom. The molecule has 29 heavy (non-hydrogen) atoms. The van der Waals surface area contributed by atoms with E-state index in [0.29, 0.717) is 19.7 Å². The molecule has 1 amide bonds. The molecule has 3 rings (SSSR count). The fraction of sp³-hybridized carbons (Fsp3) is 0.500. The molecule has 0 saturated heterocycles. The molecule has 158 valence electrons. The molecule has 2 aliphatic rings. The van der Waals surface area contributed by atoms with Crippen molar-refractivity contribution in [3.8, 4) is 5.75 Å². The number of ether oxygens (including phenoxy) is 4. The largest absolute Gasteiger partial charge is 0.494 e. The van der Waals surface area contributed by atoms with E-state index < -0.39 is 5.60 Å². The number of benzene rings is 1. The summed E-state index contributed by atoms with van der Waals surface area (Å²) in [6.45, 7) is 7.43. The lowest BCUT2D eigenvalue weighted by molar-refractivity contribution is -0.0310. The zero-order valence-electron chi connectivity index (χ0n) is 17.2. The van der Waals surface area contributed by atoms with Gasteiger partial charge < -0.3 is 23.8 Å². The van der Waals surface area contributed by atoms with Crippen molar-refractivity contribution in [1.29, 1.82) is 0 Å². The minimum absolute atomic E-state index is 0.189. The van der Waals surface area contributed by atoms with E-state index in [1.54, 1.807) is 17.4 Å². The molecule has 6 nitrogen and oxygen atoms in total. The van der Waals surface area contributed by atoms with Crippen molar-refractivity contribution < 1.29 is 23.7 Å². The standard InChI is InChI=1S/C22H28BrNO5/c1-22(2,3)29-21(25)24-10-8-16(9-11-24)18-7-6-17(15-19(18)23)26-12-4-5-20-27-13-14-28-20/h6-8,13-15,20H,4-5,9-12H2,1-3H3. The molecule has 0 aliphatic carbocycles. The highest BCUT2D eigenvalue weighted by Crippen LogP contribution is 2.32. The maximum atomic E-state index is 12.2. The summed E-state index contributed by atoms with van der Waals surface area (Å²) in [7, 11) is 0. The second-order valence-electron chi connectivity index (χ2n) is 8.01. The predicted octanol–water partition coefficient (Wildman–Crippen LogP) is 5.48. The van der Waals surface area contributed by atoms with Gasteiger partial charge in [0.1, 0.15) is 23.9 Å².